The van der Waals surface area contributed by atoms with Crippen LogP contribution in [0.2, 0.25) is 0 Å². The van der Waals surface area contributed by atoms with Crippen molar-refractivity contribution in [3.63, 3.8) is 0 Å². The second-order valence-corrected chi connectivity index (χ2v) is 5.40. The maximum Gasteiger partial charge on any atom is 0.225 e. The maximum absolute atomic E-state index is 12.1. The third kappa shape index (κ3) is 3.80. The summed E-state index contributed by atoms with van der Waals surface area (Å²) in [5.41, 5.74) is 1.35. The van der Waals surface area contributed by atoms with Gasteiger partial charge in [0.1, 0.15) is 0 Å². The first-order chi connectivity index (χ1) is 9.20. The van der Waals surface area contributed by atoms with Crippen molar-refractivity contribution in [1.82, 2.24) is 9.80 Å². The standard InChI is InChI=1S/C16H24N2O/c1-3-14(2)16(19)18-11-9-17(10-12-18)13-15-7-5-4-6-8-15/h4-8,14H,3,9-13H2,1-2H3/t14-/m1/s1. The van der Waals surface area contributed by atoms with E-state index in [0.717, 1.165) is 39.1 Å². The summed E-state index contributed by atoms with van der Waals surface area (Å²) in [6, 6.07) is 10.5. The van der Waals surface area contributed by atoms with Gasteiger partial charge in [-0.15, -0.1) is 0 Å². The highest BCUT2D eigenvalue weighted by molar-refractivity contribution is 5.78. The van der Waals surface area contributed by atoms with E-state index in [1.54, 1.807) is 0 Å². The van der Waals surface area contributed by atoms with Gasteiger partial charge in [-0.3, -0.25) is 9.69 Å². The van der Waals surface area contributed by atoms with E-state index in [4.69, 9.17) is 0 Å². The quantitative estimate of drug-likeness (QED) is 0.830. The Morgan fingerprint density at radius 1 is 1.16 bits per heavy atom. The molecule has 0 bridgehead atoms. The van der Waals surface area contributed by atoms with Gasteiger partial charge >= 0.3 is 0 Å². The van der Waals surface area contributed by atoms with Crippen LogP contribution in [0.4, 0.5) is 0 Å². The SMILES string of the molecule is CC[C@@H](C)C(=O)N1CCN(Cc2ccccc2)CC1. The summed E-state index contributed by atoms with van der Waals surface area (Å²) in [5.74, 6) is 0.488. The number of nitrogens with zero attached hydrogens (tertiary/aromatic N) is 2. The first-order valence-corrected chi connectivity index (χ1v) is 7.25. The Morgan fingerprint density at radius 2 is 1.79 bits per heavy atom. The fourth-order valence-corrected chi connectivity index (χ4v) is 2.45. The molecule has 3 heteroatoms. The molecule has 1 fully saturated rings. The molecule has 1 aromatic rings. The predicted molar refractivity (Wildman–Crippen MR) is 77.8 cm³/mol. The smallest absolute Gasteiger partial charge is 0.225 e. The van der Waals surface area contributed by atoms with Crippen molar-refractivity contribution in [2.45, 2.75) is 26.8 Å². The Bertz CT molecular complexity index is 396. The Morgan fingerprint density at radius 3 is 2.37 bits per heavy atom. The van der Waals surface area contributed by atoms with E-state index >= 15 is 0 Å². The van der Waals surface area contributed by atoms with Crippen LogP contribution in [0.3, 0.4) is 0 Å². The second-order valence-electron chi connectivity index (χ2n) is 5.40. The minimum atomic E-state index is 0.167. The molecule has 3 nitrogen and oxygen atoms in total. The summed E-state index contributed by atoms with van der Waals surface area (Å²) in [4.78, 5) is 16.6. The van der Waals surface area contributed by atoms with Crippen molar-refractivity contribution in [1.29, 1.82) is 0 Å². The van der Waals surface area contributed by atoms with Gasteiger partial charge in [0.05, 0.1) is 0 Å². The number of carbonyl (C=O) groups excluding carboxylic acids is 1. The van der Waals surface area contributed by atoms with Crippen molar-refractivity contribution < 1.29 is 4.79 Å². The summed E-state index contributed by atoms with van der Waals surface area (Å²) < 4.78 is 0. The summed E-state index contributed by atoms with van der Waals surface area (Å²) in [7, 11) is 0. The molecule has 1 aliphatic heterocycles. The topological polar surface area (TPSA) is 23.6 Å². The minimum absolute atomic E-state index is 0.167. The van der Waals surface area contributed by atoms with Crippen LogP contribution in [0.5, 0.6) is 0 Å². The molecule has 1 amide bonds. The normalized spacial score (nSPS) is 18.3. The molecule has 1 aromatic carbocycles. The van der Waals surface area contributed by atoms with Crippen LogP contribution >= 0.6 is 0 Å². The molecule has 1 heterocycles. The Kier molecular flexibility index (Phi) is 4.97. The third-order valence-electron chi connectivity index (χ3n) is 3.97. The first kappa shape index (κ1) is 14.1. The molecule has 0 unspecified atom stereocenters. The maximum atomic E-state index is 12.1. The first-order valence-electron chi connectivity index (χ1n) is 7.25. The molecule has 1 aliphatic rings. The second kappa shape index (κ2) is 6.71. The van der Waals surface area contributed by atoms with E-state index in [0.29, 0.717) is 5.91 Å². The van der Waals surface area contributed by atoms with E-state index in [1.165, 1.54) is 5.56 Å². The van der Waals surface area contributed by atoms with Crippen LogP contribution in [0, 0.1) is 5.92 Å². The van der Waals surface area contributed by atoms with Gasteiger partial charge in [0.15, 0.2) is 0 Å². The Hall–Kier alpha value is -1.35. The van der Waals surface area contributed by atoms with Crippen molar-refractivity contribution in [2.24, 2.45) is 5.92 Å². The molecule has 0 aliphatic carbocycles. The van der Waals surface area contributed by atoms with Gasteiger partial charge in [-0.2, -0.15) is 0 Å². The van der Waals surface area contributed by atoms with E-state index in [2.05, 4.69) is 36.1 Å². The largest absolute Gasteiger partial charge is 0.340 e. The minimum Gasteiger partial charge on any atom is -0.340 e. The highest BCUT2D eigenvalue weighted by Gasteiger charge is 2.23. The molecule has 0 saturated carbocycles. The molecule has 0 N–H and O–H groups in total. The van der Waals surface area contributed by atoms with Gasteiger partial charge in [0.25, 0.3) is 0 Å². The number of carbonyl (C=O) groups is 1. The molecular weight excluding hydrogens is 236 g/mol. The lowest BCUT2D eigenvalue weighted by Crippen LogP contribution is -2.49. The highest BCUT2D eigenvalue weighted by atomic mass is 16.2. The molecule has 19 heavy (non-hydrogen) atoms. The van der Waals surface area contributed by atoms with Crippen LogP contribution in [-0.4, -0.2) is 41.9 Å². The number of rotatable bonds is 4. The lowest BCUT2D eigenvalue weighted by atomic mass is 10.1. The lowest BCUT2D eigenvalue weighted by molar-refractivity contribution is -0.136. The number of benzene rings is 1. The fraction of sp³-hybridized carbons (Fsp3) is 0.562. The summed E-state index contributed by atoms with van der Waals surface area (Å²) >= 11 is 0. The number of piperazine rings is 1. The molecule has 1 saturated heterocycles. The van der Waals surface area contributed by atoms with Gasteiger partial charge in [0.2, 0.25) is 5.91 Å². The monoisotopic (exact) mass is 260 g/mol. The van der Waals surface area contributed by atoms with Gasteiger partial charge < -0.3 is 4.90 Å². The van der Waals surface area contributed by atoms with Crippen molar-refractivity contribution in [2.75, 3.05) is 26.2 Å². The number of hydrogen-bond donors (Lipinski definition) is 0. The predicted octanol–water partition coefficient (Wildman–Crippen LogP) is 2.38. The molecule has 0 radical (unpaired) electrons. The van der Waals surface area contributed by atoms with Gasteiger partial charge in [-0.1, -0.05) is 44.2 Å². The zero-order valence-electron chi connectivity index (χ0n) is 12.0. The van der Waals surface area contributed by atoms with Crippen LogP contribution in [0.25, 0.3) is 0 Å². The van der Waals surface area contributed by atoms with Crippen LogP contribution < -0.4 is 0 Å². The lowest BCUT2D eigenvalue weighted by Gasteiger charge is -2.36. The fourth-order valence-electron chi connectivity index (χ4n) is 2.45. The highest BCUT2D eigenvalue weighted by Crippen LogP contribution is 2.12. The average molecular weight is 260 g/mol. The zero-order valence-corrected chi connectivity index (χ0v) is 12.0. The molecule has 104 valence electrons. The molecule has 0 spiro atoms. The molecule has 1 atom stereocenters. The molecule has 2 rings (SSSR count). The van der Waals surface area contributed by atoms with E-state index in [-0.39, 0.29) is 5.92 Å². The van der Waals surface area contributed by atoms with E-state index in [1.807, 2.05) is 17.9 Å². The zero-order chi connectivity index (χ0) is 13.7. The molecule has 0 aromatic heterocycles. The summed E-state index contributed by atoms with van der Waals surface area (Å²) in [5, 5.41) is 0. The number of hydrogen-bond acceptors (Lipinski definition) is 2. The van der Waals surface area contributed by atoms with Crippen molar-refractivity contribution >= 4 is 5.91 Å². The number of amides is 1. The van der Waals surface area contributed by atoms with Crippen molar-refractivity contribution in [3.05, 3.63) is 35.9 Å². The Labute approximate surface area is 116 Å². The van der Waals surface area contributed by atoms with Crippen LogP contribution in [-0.2, 0) is 11.3 Å². The molecular formula is C16H24N2O. The average Bonchev–Trinajstić information content (AvgIpc) is 2.47. The van der Waals surface area contributed by atoms with E-state index in [9.17, 15) is 4.79 Å². The summed E-state index contributed by atoms with van der Waals surface area (Å²) in [6.07, 6.45) is 0.934. The van der Waals surface area contributed by atoms with Gasteiger partial charge in [0, 0.05) is 38.6 Å². The van der Waals surface area contributed by atoms with Crippen LogP contribution in [0.1, 0.15) is 25.8 Å². The van der Waals surface area contributed by atoms with Gasteiger partial charge in [-0.25, -0.2) is 0 Å². The third-order valence-corrected chi connectivity index (χ3v) is 3.97. The Balaban J connectivity index is 1.81. The van der Waals surface area contributed by atoms with Gasteiger partial charge in [-0.05, 0) is 12.0 Å². The van der Waals surface area contributed by atoms with E-state index < -0.39 is 0 Å². The van der Waals surface area contributed by atoms with Crippen molar-refractivity contribution in [3.8, 4) is 0 Å². The summed E-state index contributed by atoms with van der Waals surface area (Å²) in [6.45, 7) is 8.80. The van der Waals surface area contributed by atoms with Crippen LogP contribution in [0.15, 0.2) is 30.3 Å².